The lowest BCUT2D eigenvalue weighted by Gasteiger charge is -2.29. The van der Waals surface area contributed by atoms with Gasteiger partial charge in [0.25, 0.3) is 5.91 Å². The molecule has 0 spiro atoms. The summed E-state index contributed by atoms with van der Waals surface area (Å²) in [6, 6.07) is 16.7. The van der Waals surface area contributed by atoms with E-state index in [0.717, 1.165) is 22.1 Å². The Labute approximate surface area is 180 Å². The molecule has 3 N–H and O–H groups in total. The van der Waals surface area contributed by atoms with Crippen molar-refractivity contribution in [2.24, 2.45) is 5.73 Å². The van der Waals surface area contributed by atoms with Crippen molar-refractivity contribution in [1.29, 1.82) is 0 Å². The maximum Gasteiger partial charge on any atom is 0.250 e. The number of nitrogens with two attached hydrogens (primary N) is 1. The monoisotopic (exact) mass is 434 g/mol. The third kappa shape index (κ3) is 3.45. The molecule has 1 amide bonds. The summed E-state index contributed by atoms with van der Waals surface area (Å²) < 4.78 is 31.2. The number of nitrogens with one attached hydrogen (secondary N) is 1. The molecule has 1 saturated heterocycles. The first-order chi connectivity index (χ1) is 14.9. The van der Waals surface area contributed by atoms with E-state index < -0.39 is 21.0 Å². The smallest absolute Gasteiger partial charge is 0.250 e. The van der Waals surface area contributed by atoms with E-state index in [4.69, 9.17) is 10.2 Å². The summed E-state index contributed by atoms with van der Waals surface area (Å²) in [6.45, 7) is 0. The van der Waals surface area contributed by atoms with E-state index in [0.29, 0.717) is 29.7 Å². The lowest BCUT2D eigenvalue weighted by atomic mass is 9.88. The van der Waals surface area contributed by atoms with Gasteiger partial charge in [0.05, 0.1) is 28.3 Å². The Balaban J connectivity index is 1.61. The van der Waals surface area contributed by atoms with E-state index in [1.54, 1.807) is 18.4 Å². The summed E-state index contributed by atoms with van der Waals surface area (Å²) in [7, 11) is -3.22. The van der Waals surface area contributed by atoms with E-state index in [-0.39, 0.29) is 11.7 Å². The molecule has 6 nitrogen and oxygen atoms in total. The normalized spacial score (nSPS) is 20.6. The van der Waals surface area contributed by atoms with Crippen LogP contribution < -0.4 is 5.73 Å². The standard InChI is InChI=1S/C24H22N2O4S/c25-24(27)19-12-17(21-7-4-9-30-21)11-18-20(14-26-23(18)19)16-8-10-31(28,29)22(13-16)15-5-2-1-3-6-15/h1-7,9,11-12,14,16,22,26H,8,10,13H2,(H2,25,27). The maximum absolute atomic E-state index is 12.8. The highest BCUT2D eigenvalue weighted by Gasteiger charge is 2.36. The number of rotatable bonds is 4. The van der Waals surface area contributed by atoms with Crippen LogP contribution in [0.15, 0.2) is 71.5 Å². The minimum absolute atomic E-state index is 0.0371. The van der Waals surface area contributed by atoms with Crippen LogP contribution in [0.1, 0.15) is 45.5 Å². The number of aromatic amines is 1. The largest absolute Gasteiger partial charge is 0.464 e. The second-order valence-corrected chi connectivity index (χ2v) is 10.3. The molecule has 1 aliphatic heterocycles. The van der Waals surface area contributed by atoms with Crippen LogP contribution in [0.2, 0.25) is 0 Å². The minimum Gasteiger partial charge on any atom is -0.464 e. The van der Waals surface area contributed by atoms with E-state index >= 15 is 0 Å². The lowest BCUT2D eigenvalue weighted by Crippen LogP contribution is -2.26. The second kappa shape index (κ2) is 7.42. The number of amides is 1. The summed E-state index contributed by atoms with van der Waals surface area (Å²) in [5.41, 5.74) is 9.29. The topological polar surface area (TPSA) is 106 Å². The van der Waals surface area contributed by atoms with Gasteiger partial charge in [-0.25, -0.2) is 8.42 Å². The predicted molar refractivity (Wildman–Crippen MR) is 119 cm³/mol. The molecule has 0 radical (unpaired) electrons. The number of sulfone groups is 1. The van der Waals surface area contributed by atoms with E-state index in [1.807, 2.05) is 48.7 Å². The number of furan rings is 1. The molecule has 5 rings (SSSR count). The Morgan fingerprint density at radius 2 is 1.90 bits per heavy atom. The maximum atomic E-state index is 12.8. The number of H-pyrrole nitrogens is 1. The molecule has 1 aliphatic rings. The highest BCUT2D eigenvalue weighted by molar-refractivity contribution is 7.91. The van der Waals surface area contributed by atoms with Gasteiger partial charge in [0.2, 0.25) is 0 Å². The Kier molecular flexibility index (Phi) is 4.70. The third-order valence-corrected chi connectivity index (χ3v) is 8.32. The van der Waals surface area contributed by atoms with Crippen LogP contribution >= 0.6 is 0 Å². The van der Waals surface area contributed by atoms with Crippen LogP contribution in [0.25, 0.3) is 22.2 Å². The number of benzene rings is 2. The molecule has 0 bridgehead atoms. The molecule has 0 aliphatic carbocycles. The molecule has 2 unspecified atom stereocenters. The van der Waals surface area contributed by atoms with Crippen molar-refractivity contribution in [2.75, 3.05) is 5.75 Å². The molecule has 4 aromatic rings. The minimum atomic E-state index is -3.22. The molecule has 2 aromatic heterocycles. The zero-order valence-corrected chi connectivity index (χ0v) is 17.6. The highest BCUT2D eigenvalue weighted by atomic mass is 32.2. The van der Waals surface area contributed by atoms with Crippen LogP contribution in [-0.2, 0) is 9.84 Å². The fraction of sp³-hybridized carbons (Fsp3) is 0.208. The number of hydrogen-bond acceptors (Lipinski definition) is 4. The van der Waals surface area contributed by atoms with Gasteiger partial charge in [-0.2, -0.15) is 0 Å². The summed E-state index contributed by atoms with van der Waals surface area (Å²) in [4.78, 5) is 15.3. The molecule has 158 valence electrons. The van der Waals surface area contributed by atoms with Crippen LogP contribution in [0.3, 0.4) is 0 Å². The number of primary amides is 1. The van der Waals surface area contributed by atoms with Crippen LogP contribution in [-0.4, -0.2) is 25.1 Å². The Hall–Kier alpha value is -3.32. The van der Waals surface area contributed by atoms with Gasteiger partial charge in [0, 0.05) is 17.1 Å². The van der Waals surface area contributed by atoms with Crippen LogP contribution in [0.4, 0.5) is 0 Å². The first-order valence-electron chi connectivity index (χ1n) is 10.2. The zero-order valence-electron chi connectivity index (χ0n) is 16.7. The second-order valence-electron chi connectivity index (χ2n) is 8.02. The Morgan fingerprint density at radius 1 is 1.10 bits per heavy atom. The molecule has 1 fully saturated rings. The van der Waals surface area contributed by atoms with Gasteiger partial charge >= 0.3 is 0 Å². The summed E-state index contributed by atoms with van der Waals surface area (Å²) in [5, 5.41) is 0.333. The van der Waals surface area contributed by atoms with Crippen molar-refractivity contribution in [3.8, 4) is 11.3 Å². The molecule has 2 atom stereocenters. The molecule has 0 saturated carbocycles. The van der Waals surface area contributed by atoms with Gasteiger partial charge in [0.15, 0.2) is 9.84 Å². The first kappa shape index (κ1) is 19.6. The van der Waals surface area contributed by atoms with Gasteiger partial charge in [-0.05, 0) is 54.2 Å². The van der Waals surface area contributed by atoms with Crippen molar-refractivity contribution in [3.05, 3.63) is 83.7 Å². The van der Waals surface area contributed by atoms with Gasteiger partial charge < -0.3 is 15.1 Å². The predicted octanol–water partition coefficient (Wildman–Crippen LogP) is 4.56. The quantitative estimate of drug-likeness (QED) is 0.491. The average molecular weight is 435 g/mol. The molecular weight excluding hydrogens is 412 g/mol. The number of aromatic nitrogens is 1. The Morgan fingerprint density at radius 3 is 2.61 bits per heavy atom. The number of hydrogen-bond donors (Lipinski definition) is 2. The van der Waals surface area contributed by atoms with E-state index in [2.05, 4.69) is 4.98 Å². The average Bonchev–Trinajstić information content (AvgIpc) is 3.44. The van der Waals surface area contributed by atoms with Crippen LogP contribution in [0, 0.1) is 0 Å². The summed E-state index contributed by atoms with van der Waals surface area (Å²) in [6.07, 6.45) is 4.50. The fourth-order valence-corrected chi connectivity index (χ4v) is 6.63. The molecule has 3 heterocycles. The van der Waals surface area contributed by atoms with Crippen molar-refractivity contribution in [3.63, 3.8) is 0 Å². The van der Waals surface area contributed by atoms with Gasteiger partial charge in [-0.3, -0.25) is 4.79 Å². The lowest BCUT2D eigenvalue weighted by molar-refractivity contribution is 0.100. The molecular formula is C24H22N2O4S. The van der Waals surface area contributed by atoms with Crippen molar-refractivity contribution in [1.82, 2.24) is 4.98 Å². The SMILES string of the molecule is NC(=O)c1cc(-c2ccco2)cc2c(C3CCS(=O)(=O)C(c4ccccc4)C3)c[nH]c12. The highest BCUT2D eigenvalue weighted by Crippen LogP contribution is 2.44. The summed E-state index contributed by atoms with van der Waals surface area (Å²) in [5.74, 6) is 0.282. The van der Waals surface area contributed by atoms with Crippen molar-refractivity contribution < 1.29 is 17.6 Å². The van der Waals surface area contributed by atoms with Gasteiger partial charge in [0.1, 0.15) is 5.76 Å². The summed E-state index contributed by atoms with van der Waals surface area (Å²) >= 11 is 0. The Bertz CT molecular complexity index is 1360. The molecule has 7 heteroatoms. The van der Waals surface area contributed by atoms with Crippen LogP contribution in [0.5, 0.6) is 0 Å². The zero-order chi connectivity index (χ0) is 21.6. The number of fused-ring (bicyclic) bond motifs is 1. The number of carbonyl (C=O) groups excluding carboxylic acids is 1. The molecule has 31 heavy (non-hydrogen) atoms. The first-order valence-corrected chi connectivity index (χ1v) is 11.9. The third-order valence-electron chi connectivity index (χ3n) is 6.19. The molecule has 2 aromatic carbocycles. The van der Waals surface area contributed by atoms with Crippen molar-refractivity contribution in [2.45, 2.75) is 24.0 Å². The van der Waals surface area contributed by atoms with Gasteiger partial charge in [-0.1, -0.05) is 30.3 Å². The van der Waals surface area contributed by atoms with E-state index in [1.165, 1.54) is 0 Å². The van der Waals surface area contributed by atoms with Crippen molar-refractivity contribution >= 4 is 26.6 Å². The number of carbonyl (C=O) groups is 1. The van der Waals surface area contributed by atoms with Gasteiger partial charge in [-0.15, -0.1) is 0 Å². The van der Waals surface area contributed by atoms with E-state index in [9.17, 15) is 13.2 Å². The fourth-order valence-electron chi connectivity index (χ4n) is 4.64.